The molecule has 4 heterocycles. The number of amides is 2. The number of nitrogens with zero attached hydrogens (tertiary/aromatic N) is 4. The Labute approximate surface area is 191 Å². The summed E-state index contributed by atoms with van der Waals surface area (Å²) in [6.45, 7) is 4.30. The zero-order chi connectivity index (χ0) is 22.2. The predicted molar refractivity (Wildman–Crippen MR) is 123 cm³/mol. The summed E-state index contributed by atoms with van der Waals surface area (Å²) in [6.07, 6.45) is 3.43. The van der Waals surface area contributed by atoms with Crippen LogP contribution in [-0.4, -0.2) is 58.9 Å². The number of aryl methyl sites for hydroxylation is 1. The SMILES string of the molecule is Cc1c(-c2cc(N3CCN(C(=O)C4CCOCC4)CC3=O)ccc2Cl)nc2ccccn12. The second-order valence-corrected chi connectivity index (χ2v) is 8.74. The number of ether oxygens (including phenoxy) is 1. The van der Waals surface area contributed by atoms with Crippen LogP contribution in [0.1, 0.15) is 18.5 Å². The van der Waals surface area contributed by atoms with Crippen molar-refractivity contribution in [2.45, 2.75) is 19.8 Å². The highest BCUT2D eigenvalue weighted by molar-refractivity contribution is 6.33. The summed E-state index contributed by atoms with van der Waals surface area (Å²) in [5.41, 5.74) is 4.18. The third-order valence-electron chi connectivity index (χ3n) is 6.39. The fourth-order valence-electron chi connectivity index (χ4n) is 4.57. The molecule has 2 amide bonds. The van der Waals surface area contributed by atoms with E-state index >= 15 is 0 Å². The van der Waals surface area contributed by atoms with Crippen molar-refractivity contribution in [1.82, 2.24) is 14.3 Å². The fourth-order valence-corrected chi connectivity index (χ4v) is 4.78. The number of rotatable bonds is 3. The van der Waals surface area contributed by atoms with Gasteiger partial charge >= 0.3 is 0 Å². The number of imidazole rings is 1. The van der Waals surface area contributed by atoms with E-state index in [-0.39, 0.29) is 24.3 Å². The van der Waals surface area contributed by atoms with Crippen molar-refractivity contribution in [3.63, 3.8) is 0 Å². The van der Waals surface area contributed by atoms with E-state index in [1.54, 1.807) is 9.80 Å². The predicted octanol–water partition coefficient (Wildman–Crippen LogP) is 3.56. The Morgan fingerprint density at radius 1 is 1.16 bits per heavy atom. The van der Waals surface area contributed by atoms with Crippen LogP contribution >= 0.6 is 11.6 Å². The highest BCUT2D eigenvalue weighted by Crippen LogP contribution is 2.34. The van der Waals surface area contributed by atoms with Gasteiger partial charge in [-0.2, -0.15) is 0 Å². The molecule has 7 nitrogen and oxygen atoms in total. The van der Waals surface area contributed by atoms with Crippen LogP contribution in [0.4, 0.5) is 5.69 Å². The summed E-state index contributed by atoms with van der Waals surface area (Å²) in [6, 6.07) is 11.4. The number of hydrogen-bond acceptors (Lipinski definition) is 4. The Balaban J connectivity index is 1.38. The van der Waals surface area contributed by atoms with Gasteiger partial charge in [-0.1, -0.05) is 17.7 Å². The minimum absolute atomic E-state index is 0.0387. The molecule has 2 aromatic heterocycles. The molecular formula is C24H25ClN4O3. The van der Waals surface area contributed by atoms with Gasteiger partial charge in [0.15, 0.2) is 0 Å². The van der Waals surface area contributed by atoms with E-state index in [1.807, 2.05) is 53.9 Å². The van der Waals surface area contributed by atoms with Gasteiger partial charge in [0.1, 0.15) is 12.2 Å². The van der Waals surface area contributed by atoms with Crippen LogP contribution < -0.4 is 4.90 Å². The molecular weight excluding hydrogens is 428 g/mol. The summed E-state index contributed by atoms with van der Waals surface area (Å²) in [5, 5.41) is 0.584. The zero-order valence-electron chi connectivity index (χ0n) is 18.0. The number of carbonyl (C=O) groups is 2. The number of halogens is 1. The Kier molecular flexibility index (Phi) is 5.61. The molecule has 0 spiro atoms. The molecule has 0 aliphatic carbocycles. The topological polar surface area (TPSA) is 67.2 Å². The van der Waals surface area contributed by atoms with E-state index < -0.39 is 0 Å². The molecule has 0 unspecified atom stereocenters. The number of piperazine rings is 1. The first-order chi connectivity index (χ1) is 15.5. The second kappa shape index (κ2) is 8.56. The molecule has 166 valence electrons. The van der Waals surface area contributed by atoms with Crippen molar-refractivity contribution in [1.29, 1.82) is 0 Å². The van der Waals surface area contributed by atoms with Crippen molar-refractivity contribution in [2.75, 3.05) is 37.7 Å². The number of benzene rings is 1. The maximum absolute atomic E-state index is 13.0. The Bertz CT molecular complexity index is 1190. The minimum atomic E-state index is -0.0864. The number of carbonyl (C=O) groups excluding carboxylic acids is 2. The normalized spacial score (nSPS) is 17.9. The molecule has 0 bridgehead atoms. The van der Waals surface area contributed by atoms with Crippen LogP contribution in [0.5, 0.6) is 0 Å². The third-order valence-corrected chi connectivity index (χ3v) is 6.72. The first-order valence-corrected chi connectivity index (χ1v) is 11.3. The van der Waals surface area contributed by atoms with E-state index in [0.717, 1.165) is 41.1 Å². The highest BCUT2D eigenvalue weighted by atomic mass is 35.5. The number of hydrogen-bond donors (Lipinski definition) is 0. The molecule has 0 radical (unpaired) electrons. The number of anilines is 1. The third kappa shape index (κ3) is 3.76. The lowest BCUT2D eigenvalue weighted by Gasteiger charge is -2.36. The van der Waals surface area contributed by atoms with Crippen molar-refractivity contribution >= 4 is 34.7 Å². The van der Waals surface area contributed by atoms with Gasteiger partial charge in [0.25, 0.3) is 0 Å². The van der Waals surface area contributed by atoms with Crippen LogP contribution in [0.15, 0.2) is 42.6 Å². The van der Waals surface area contributed by atoms with Crippen molar-refractivity contribution in [3.8, 4) is 11.3 Å². The van der Waals surface area contributed by atoms with Crippen molar-refractivity contribution < 1.29 is 14.3 Å². The van der Waals surface area contributed by atoms with Gasteiger partial charge in [0.2, 0.25) is 11.8 Å². The van der Waals surface area contributed by atoms with Crippen LogP contribution in [0.25, 0.3) is 16.9 Å². The van der Waals surface area contributed by atoms with Crippen LogP contribution in [0, 0.1) is 12.8 Å². The van der Waals surface area contributed by atoms with E-state index in [1.165, 1.54) is 0 Å². The second-order valence-electron chi connectivity index (χ2n) is 8.33. The van der Waals surface area contributed by atoms with Crippen LogP contribution in [0.2, 0.25) is 5.02 Å². The number of fused-ring (bicyclic) bond motifs is 1. The van der Waals surface area contributed by atoms with E-state index in [9.17, 15) is 9.59 Å². The van der Waals surface area contributed by atoms with Crippen molar-refractivity contribution in [2.24, 2.45) is 5.92 Å². The van der Waals surface area contributed by atoms with Crippen LogP contribution in [0.3, 0.4) is 0 Å². The summed E-state index contributed by atoms with van der Waals surface area (Å²) >= 11 is 6.54. The van der Waals surface area contributed by atoms with Gasteiger partial charge in [-0.3, -0.25) is 9.59 Å². The lowest BCUT2D eigenvalue weighted by molar-refractivity contribution is -0.142. The molecule has 8 heteroatoms. The summed E-state index contributed by atoms with van der Waals surface area (Å²) in [5.74, 6) is -0.0571. The Hall–Kier alpha value is -2.90. The highest BCUT2D eigenvalue weighted by Gasteiger charge is 2.32. The summed E-state index contributed by atoms with van der Waals surface area (Å²) < 4.78 is 7.37. The molecule has 0 N–H and O–H groups in total. The molecule has 2 aliphatic rings. The number of aromatic nitrogens is 2. The van der Waals surface area contributed by atoms with Gasteiger partial charge in [-0.25, -0.2) is 4.98 Å². The van der Waals surface area contributed by atoms with Crippen LogP contribution in [-0.2, 0) is 14.3 Å². The summed E-state index contributed by atoms with van der Waals surface area (Å²) in [7, 11) is 0. The maximum atomic E-state index is 13.0. The lowest BCUT2D eigenvalue weighted by Crippen LogP contribution is -2.54. The average Bonchev–Trinajstić information content (AvgIpc) is 3.16. The summed E-state index contributed by atoms with van der Waals surface area (Å²) in [4.78, 5) is 34.0. The molecule has 1 aromatic carbocycles. The molecule has 0 atom stereocenters. The Morgan fingerprint density at radius 3 is 2.72 bits per heavy atom. The monoisotopic (exact) mass is 452 g/mol. The molecule has 2 fully saturated rings. The molecule has 2 saturated heterocycles. The quantitative estimate of drug-likeness (QED) is 0.609. The van der Waals surface area contributed by atoms with Gasteiger partial charge < -0.3 is 18.9 Å². The molecule has 5 rings (SSSR count). The van der Waals surface area contributed by atoms with Gasteiger partial charge in [0.05, 0.1) is 10.7 Å². The maximum Gasteiger partial charge on any atom is 0.246 e. The van der Waals surface area contributed by atoms with E-state index in [0.29, 0.717) is 31.3 Å². The van der Waals surface area contributed by atoms with Crippen molar-refractivity contribution in [3.05, 3.63) is 53.3 Å². The fraction of sp³-hybridized carbons (Fsp3) is 0.375. The molecule has 0 saturated carbocycles. The zero-order valence-corrected chi connectivity index (χ0v) is 18.7. The standard InChI is InChI=1S/C24H25ClN4O3/c1-16-23(26-21-4-2-3-9-28(16)21)19-14-18(5-6-20(19)25)29-11-10-27(15-22(29)30)24(31)17-7-12-32-13-8-17/h2-6,9,14,17H,7-8,10-13,15H2,1H3. The molecule has 32 heavy (non-hydrogen) atoms. The molecule has 2 aliphatic heterocycles. The number of pyridine rings is 1. The first-order valence-electron chi connectivity index (χ1n) is 10.9. The van der Waals surface area contributed by atoms with Gasteiger partial charge in [0, 0.05) is 55.4 Å². The minimum Gasteiger partial charge on any atom is -0.381 e. The largest absolute Gasteiger partial charge is 0.381 e. The lowest BCUT2D eigenvalue weighted by atomic mass is 9.98. The van der Waals surface area contributed by atoms with E-state index in [4.69, 9.17) is 21.3 Å². The molecule has 3 aromatic rings. The average molecular weight is 453 g/mol. The first kappa shape index (κ1) is 21.0. The van der Waals surface area contributed by atoms with Gasteiger partial charge in [-0.15, -0.1) is 0 Å². The Morgan fingerprint density at radius 2 is 1.97 bits per heavy atom. The smallest absolute Gasteiger partial charge is 0.246 e. The van der Waals surface area contributed by atoms with Gasteiger partial charge in [-0.05, 0) is 50.1 Å². The van der Waals surface area contributed by atoms with E-state index in [2.05, 4.69) is 0 Å².